The van der Waals surface area contributed by atoms with E-state index in [1.807, 2.05) is 19.1 Å². The van der Waals surface area contributed by atoms with Crippen molar-refractivity contribution in [1.82, 2.24) is 5.32 Å². The predicted octanol–water partition coefficient (Wildman–Crippen LogP) is 2.75. The lowest BCUT2D eigenvalue weighted by Crippen LogP contribution is -2.14. The molecule has 92 valence electrons. The zero-order chi connectivity index (χ0) is 11.6. The van der Waals surface area contributed by atoms with Crippen molar-refractivity contribution in [1.29, 1.82) is 0 Å². The summed E-state index contributed by atoms with van der Waals surface area (Å²) in [7, 11) is 0. The third-order valence-corrected chi connectivity index (χ3v) is 2.46. The third-order valence-electron chi connectivity index (χ3n) is 2.46. The van der Waals surface area contributed by atoms with Crippen LogP contribution in [-0.2, 0) is 17.7 Å². The maximum absolute atomic E-state index is 5.59. The number of hydrogen-bond donors (Lipinski definition) is 1. The number of rotatable bonds is 9. The van der Waals surface area contributed by atoms with Gasteiger partial charge in [0, 0.05) is 19.6 Å². The first kappa shape index (κ1) is 13.3. The molecule has 0 radical (unpaired) electrons. The highest BCUT2D eigenvalue weighted by Crippen LogP contribution is 2.07. The molecule has 0 spiro atoms. The largest absolute Gasteiger partial charge is 0.465 e. The van der Waals surface area contributed by atoms with Crippen LogP contribution in [-0.4, -0.2) is 19.8 Å². The molecule has 0 saturated heterocycles. The summed E-state index contributed by atoms with van der Waals surface area (Å²) in [6.45, 7) is 7.67. The average Bonchev–Trinajstić information content (AvgIpc) is 2.76. The lowest BCUT2D eigenvalue weighted by Gasteiger charge is -2.03. The van der Waals surface area contributed by atoms with Gasteiger partial charge in [-0.1, -0.05) is 6.92 Å². The summed E-state index contributed by atoms with van der Waals surface area (Å²) in [6.07, 6.45) is 3.24. The quantitative estimate of drug-likeness (QED) is 0.656. The smallest absolute Gasteiger partial charge is 0.117 e. The summed E-state index contributed by atoms with van der Waals surface area (Å²) in [5.41, 5.74) is 0. The fraction of sp³-hybridized carbons (Fsp3) is 0.692. The molecule has 0 aliphatic carbocycles. The van der Waals surface area contributed by atoms with Crippen molar-refractivity contribution >= 4 is 0 Å². The molecule has 0 bridgehead atoms. The van der Waals surface area contributed by atoms with Gasteiger partial charge in [-0.25, -0.2) is 0 Å². The molecule has 0 saturated carbocycles. The van der Waals surface area contributed by atoms with Gasteiger partial charge in [0.25, 0.3) is 0 Å². The molecule has 3 heteroatoms. The normalized spacial score (nSPS) is 10.9. The fourth-order valence-corrected chi connectivity index (χ4v) is 1.52. The Morgan fingerprint density at radius 3 is 2.69 bits per heavy atom. The van der Waals surface area contributed by atoms with Crippen LogP contribution in [0.25, 0.3) is 0 Å². The Balaban J connectivity index is 1.98. The van der Waals surface area contributed by atoms with Crippen LogP contribution in [0.4, 0.5) is 0 Å². The first-order valence-corrected chi connectivity index (χ1v) is 6.22. The van der Waals surface area contributed by atoms with E-state index >= 15 is 0 Å². The van der Waals surface area contributed by atoms with Gasteiger partial charge in [-0.15, -0.1) is 0 Å². The molecule has 3 nitrogen and oxygen atoms in total. The van der Waals surface area contributed by atoms with E-state index in [1.165, 1.54) is 0 Å². The summed E-state index contributed by atoms with van der Waals surface area (Å²) < 4.78 is 10.9. The minimum atomic E-state index is 0.819. The van der Waals surface area contributed by atoms with E-state index in [-0.39, 0.29) is 0 Å². The van der Waals surface area contributed by atoms with Crippen molar-refractivity contribution in [3.63, 3.8) is 0 Å². The summed E-state index contributed by atoms with van der Waals surface area (Å²) in [5, 5.41) is 3.37. The highest BCUT2D eigenvalue weighted by molar-refractivity contribution is 5.06. The molecule has 0 amide bonds. The topological polar surface area (TPSA) is 34.4 Å². The molecular weight excluding hydrogens is 202 g/mol. The molecule has 1 N–H and O–H groups in total. The maximum atomic E-state index is 5.59. The van der Waals surface area contributed by atoms with Crippen LogP contribution in [0.5, 0.6) is 0 Å². The Bertz CT molecular complexity index is 271. The minimum absolute atomic E-state index is 0.819. The van der Waals surface area contributed by atoms with Crippen molar-refractivity contribution in [3.05, 3.63) is 23.7 Å². The van der Waals surface area contributed by atoms with Gasteiger partial charge in [-0.05, 0) is 38.4 Å². The Morgan fingerprint density at radius 1 is 1.19 bits per heavy atom. The highest BCUT2D eigenvalue weighted by Gasteiger charge is 1.99. The van der Waals surface area contributed by atoms with Gasteiger partial charge >= 0.3 is 0 Å². The van der Waals surface area contributed by atoms with Gasteiger partial charge in [0.2, 0.25) is 0 Å². The number of furan rings is 1. The summed E-state index contributed by atoms with van der Waals surface area (Å²) >= 11 is 0. The maximum Gasteiger partial charge on any atom is 0.117 e. The van der Waals surface area contributed by atoms with Crippen LogP contribution in [0.2, 0.25) is 0 Å². The zero-order valence-electron chi connectivity index (χ0n) is 10.4. The van der Waals surface area contributed by atoms with Crippen LogP contribution in [0, 0.1) is 0 Å². The Hall–Kier alpha value is -0.800. The molecule has 0 fully saturated rings. The summed E-state index contributed by atoms with van der Waals surface area (Å²) in [5.74, 6) is 2.09. The van der Waals surface area contributed by atoms with E-state index < -0.39 is 0 Å². The van der Waals surface area contributed by atoms with Crippen molar-refractivity contribution in [3.8, 4) is 0 Å². The van der Waals surface area contributed by atoms with Gasteiger partial charge in [-0.3, -0.25) is 0 Å². The number of hydrogen-bond acceptors (Lipinski definition) is 3. The first-order chi connectivity index (χ1) is 7.86. The lowest BCUT2D eigenvalue weighted by molar-refractivity contribution is 0.143. The van der Waals surface area contributed by atoms with E-state index in [1.54, 1.807) is 0 Å². The summed E-state index contributed by atoms with van der Waals surface area (Å²) in [6, 6.07) is 4.10. The fourth-order valence-electron chi connectivity index (χ4n) is 1.52. The first-order valence-electron chi connectivity index (χ1n) is 6.22. The van der Waals surface area contributed by atoms with Crippen LogP contribution in [0.15, 0.2) is 16.5 Å². The summed E-state index contributed by atoms with van der Waals surface area (Å²) in [4.78, 5) is 0. The molecular formula is C13H23NO2. The van der Waals surface area contributed by atoms with Crippen molar-refractivity contribution in [2.45, 2.75) is 39.7 Å². The van der Waals surface area contributed by atoms with Crippen LogP contribution in [0.1, 0.15) is 38.2 Å². The number of unbranched alkanes of at least 4 members (excludes halogenated alkanes) is 1. The molecule has 16 heavy (non-hydrogen) atoms. The highest BCUT2D eigenvalue weighted by atomic mass is 16.5. The van der Waals surface area contributed by atoms with Crippen LogP contribution < -0.4 is 5.32 Å². The van der Waals surface area contributed by atoms with E-state index in [4.69, 9.17) is 9.15 Å². The van der Waals surface area contributed by atoms with Crippen LogP contribution in [0.3, 0.4) is 0 Å². The zero-order valence-corrected chi connectivity index (χ0v) is 10.4. The minimum Gasteiger partial charge on any atom is -0.465 e. The SMILES string of the molecule is CCOCCCCNCc1ccc(CC)o1. The second-order valence-electron chi connectivity index (χ2n) is 3.80. The number of nitrogens with one attached hydrogen (secondary N) is 1. The van der Waals surface area contributed by atoms with Crippen molar-refractivity contribution in [2.75, 3.05) is 19.8 Å². The Kier molecular flexibility index (Phi) is 6.93. The standard InChI is InChI=1S/C13H23NO2/c1-3-12-7-8-13(16-12)11-14-9-5-6-10-15-4-2/h7-8,14H,3-6,9-11H2,1-2H3. The molecule has 1 heterocycles. The van der Waals surface area contributed by atoms with E-state index in [0.717, 1.165) is 57.1 Å². The van der Waals surface area contributed by atoms with Gasteiger partial charge in [0.05, 0.1) is 6.54 Å². The molecule has 0 aromatic carbocycles. The molecule has 0 atom stereocenters. The second-order valence-corrected chi connectivity index (χ2v) is 3.80. The molecule has 1 rings (SSSR count). The van der Waals surface area contributed by atoms with E-state index in [9.17, 15) is 0 Å². The van der Waals surface area contributed by atoms with Crippen molar-refractivity contribution < 1.29 is 9.15 Å². The Labute approximate surface area is 98.2 Å². The van der Waals surface area contributed by atoms with E-state index in [2.05, 4.69) is 12.2 Å². The van der Waals surface area contributed by atoms with E-state index in [0.29, 0.717) is 0 Å². The predicted molar refractivity (Wildman–Crippen MR) is 65.5 cm³/mol. The molecule has 0 unspecified atom stereocenters. The molecule has 1 aromatic heterocycles. The van der Waals surface area contributed by atoms with Gasteiger partial charge in [0.15, 0.2) is 0 Å². The third kappa shape index (κ3) is 5.33. The van der Waals surface area contributed by atoms with Gasteiger partial charge in [0.1, 0.15) is 11.5 Å². The second kappa shape index (κ2) is 8.36. The molecule has 0 aliphatic rings. The average molecular weight is 225 g/mol. The lowest BCUT2D eigenvalue weighted by atomic mass is 10.3. The monoisotopic (exact) mass is 225 g/mol. The number of ether oxygens (including phenoxy) is 1. The molecule has 1 aromatic rings. The van der Waals surface area contributed by atoms with Gasteiger partial charge < -0.3 is 14.5 Å². The van der Waals surface area contributed by atoms with Crippen LogP contribution >= 0.6 is 0 Å². The van der Waals surface area contributed by atoms with Gasteiger partial charge in [-0.2, -0.15) is 0 Å². The van der Waals surface area contributed by atoms with Crippen molar-refractivity contribution in [2.24, 2.45) is 0 Å². The number of aryl methyl sites for hydroxylation is 1. The Morgan fingerprint density at radius 2 is 2.00 bits per heavy atom. The molecule has 0 aliphatic heterocycles.